The van der Waals surface area contributed by atoms with Gasteiger partial charge < -0.3 is 14.6 Å². The summed E-state index contributed by atoms with van der Waals surface area (Å²) < 4.78 is 6.01. The van der Waals surface area contributed by atoms with Gasteiger partial charge in [0.05, 0.1) is 22.8 Å². The fourth-order valence-electron chi connectivity index (χ4n) is 3.68. The standard InChI is InChI=1S/C25H15NO5/c27-23-20-13-8-16(25(29)30)14-21(20)24(28)26(23)17-9-11-18(12-10-17)31-22-7-3-5-15-4-1-2-6-19(15)22/h1-14H,(H,29,30)/p-1. The number of carboxylic acid groups (broad SMARTS) is 1. The van der Waals surface area contributed by atoms with Crippen LogP contribution in [0.4, 0.5) is 5.69 Å². The summed E-state index contributed by atoms with van der Waals surface area (Å²) in [6.45, 7) is 0. The van der Waals surface area contributed by atoms with Gasteiger partial charge in [0.15, 0.2) is 0 Å². The zero-order valence-electron chi connectivity index (χ0n) is 16.1. The number of benzene rings is 4. The Morgan fingerprint density at radius 2 is 1.48 bits per heavy atom. The van der Waals surface area contributed by atoms with Crippen molar-refractivity contribution in [2.45, 2.75) is 0 Å². The molecular formula is C25H14NO5-. The highest BCUT2D eigenvalue weighted by Crippen LogP contribution is 2.33. The number of carbonyl (C=O) groups is 3. The van der Waals surface area contributed by atoms with Gasteiger partial charge in [-0.25, -0.2) is 4.90 Å². The Kier molecular flexibility index (Phi) is 4.26. The fraction of sp³-hybridized carbons (Fsp3) is 0. The number of aromatic carboxylic acids is 1. The van der Waals surface area contributed by atoms with E-state index in [2.05, 4.69) is 0 Å². The van der Waals surface area contributed by atoms with Crippen LogP contribution in [0.5, 0.6) is 11.5 Å². The molecule has 1 aliphatic heterocycles. The third-order valence-electron chi connectivity index (χ3n) is 5.19. The van der Waals surface area contributed by atoms with Gasteiger partial charge in [-0.2, -0.15) is 0 Å². The normalized spacial score (nSPS) is 12.8. The quantitative estimate of drug-likeness (QED) is 0.480. The van der Waals surface area contributed by atoms with Crippen LogP contribution in [0.2, 0.25) is 0 Å². The number of fused-ring (bicyclic) bond motifs is 2. The highest BCUT2D eigenvalue weighted by molar-refractivity contribution is 6.34. The summed E-state index contributed by atoms with van der Waals surface area (Å²) in [5, 5.41) is 13.1. The largest absolute Gasteiger partial charge is 0.545 e. The number of amides is 2. The van der Waals surface area contributed by atoms with Crippen LogP contribution >= 0.6 is 0 Å². The topological polar surface area (TPSA) is 86.7 Å². The molecule has 0 N–H and O–H groups in total. The Balaban J connectivity index is 1.43. The minimum absolute atomic E-state index is 0.0442. The van der Waals surface area contributed by atoms with Crippen LogP contribution in [0.15, 0.2) is 84.9 Å². The summed E-state index contributed by atoms with van der Waals surface area (Å²) in [7, 11) is 0. The Morgan fingerprint density at radius 1 is 0.774 bits per heavy atom. The highest BCUT2D eigenvalue weighted by Gasteiger charge is 2.36. The Labute approximate surface area is 176 Å². The summed E-state index contributed by atoms with van der Waals surface area (Å²) >= 11 is 0. The maximum absolute atomic E-state index is 12.8. The second-order valence-electron chi connectivity index (χ2n) is 7.07. The molecule has 31 heavy (non-hydrogen) atoms. The van der Waals surface area contributed by atoms with E-state index in [9.17, 15) is 19.5 Å². The molecule has 5 rings (SSSR count). The van der Waals surface area contributed by atoms with E-state index in [1.807, 2.05) is 42.5 Å². The molecule has 1 aliphatic rings. The van der Waals surface area contributed by atoms with Crippen LogP contribution in [-0.4, -0.2) is 17.8 Å². The molecule has 150 valence electrons. The fourth-order valence-corrected chi connectivity index (χ4v) is 3.68. The van der Waals surface area contributed by atoms with E-state index in [1.165, 1.54) is 18.2 Å². The zero-order chi connectivity index (χ0) is 21.5. The van der Waals surface area contributed by atoms with Crippen molar-refractivity contribution in [1.82, 2.24) is 0 Å². The SMILES string of the molecule is O=C([O-])c1ccc2c(c1)C(=O)N(c1ccc(Oc3cccc4ccccc34)cc1)C2=O. The molecule has 0 unspecified atom stereocenters. The van der Waals surface area contributed by atoms with E-state index in [1.54, 1.807) is 24.3 Å². The molecule has 4 aromatic rings. The Hall–Kier alpha value is -4.45. The van der Waals surface area contributed by atoms with Crippen molar-refractivity contribution in [2.24, 2.45) is 0 Å². The van der Waals surface area contributed by atoms with Gasteiger partial charge in [0.25, 0.3) is 11.8 Å². The van der Waals surface area contributed by atoms with Crippen molar-refractivity contribution in [2.75, 3.05) is 4.90 Å². The zero-order valence-corrected chi connectivity index (χ0v) is 16.1. The predicted octanol–water partition coefficient (Wildman–Crippen LogP) is 3.80. The molecule has 0 saturated carbocycles. The average Bonchev–Trinajstić information content (AvgIpc) is 3.04. The van der Waals surface area contributed by atoms with Gasteiger partial charge in [0.2, 0.25) is 0 Å². The first-order valence-electron chi connectivity index (χ1n) is 9.53. The molecular weight excluding hydrogens is 394 g/mol. The van der Waals surface area contributed by atoms with E-state index < -0.39 is 17.8 Å². The van der Waals surface area contributed by atoms with Crippen molar-refractivity contribution in [3.05, 3.63) is 102 Å². The number of nitrogens with zero attached hydrogens (tertiary/aromatic N) is 1. The summed E-state index contributed by atoms with van der Waals surface area (Å²) in [4.78, 5) is 37.6. The lowest BCUT2D eigenvalue weighted by Crippen LogP contribution is -2.29. The molecule has 0 fully saturated rings. The average molecular weight is 408 g/mol. The summed E-state index contributed by atoms with van der Waals surface area (Å²) in [5.74, 6) is -1.24. The smallest absolute Gasteiger partial charge is 0.266 e. The lowest BCUT2D eigenvalue weighted by molar-refractivity contribution is -0.255. The van der Waals surface area contributed by atoms with Crippen molar-refractivity contribution >= 4 is 34.2 Å². The number of imide groups is 1. The monoisotopic (exact) mass is 408 g/mol. The van der Waals surface area contributed by atoms with Gasteiger partial charge in [-0.3, -0.25) is 9.59 Å². The van der Waals surface area contributed by atoms with Gasteiger partial charge >= 0.3 is 0 Å². The van der Waals surface area contributed by atoms with E-state index in [-0.39, 0.29) is 16.7 Å². The van der Waals surface area contributed by atoms with Crippen molar-refractivity contribution in [3.8, 4) is 11.5 Å². The second-order valence-corrected chi connectivity index (χ2v) is 7.07. The lowest BCUT2D eigenvalue weighted by Gasteiger charge is -2.15. The number of rotatable bonds is 4. The summed E-state index contributed by atoms with van der Waals surface area (Å²) in [6, 6.07) is 24.0. The minimum atomic E-state index is -1.41. The minimum Gasteiger partial charge on any atom is -0.545 e. The molecule has 0 bridgehead atoms. The van der Waals surface area contributed by atoms with Crippen molar-refractivity contribution in [3.63, 3.8) is 0 Å². The first-order chi connectivity index (χ1) is 15.0. The van der Waals surface area contributed by atoms with E-state index in [0.29, 0.717) is 17.2 Å². The third-order valence-corrected chi connectivity index (χ3v) is 5.19. The molecule has 0 aromatic heterocycles. The summed E-state index contributed by atoms with van der Waals surface area (Å²) in [5.41, 5.74) is 0.418. The molecule has 6 nitrogen and oxygen atoms in total. The number of hydrogen-bond acceptors (Lipinski definition) is 5. The van der Waals surface area contributed by atoms with Crippen LogP contribution in [0.3, 0.4) is 0 Å². The third kappa shape index (κ3) is 3.11. The molecule has 4 aromatic carbocycles. The molecule has 0 saturated heterocycles. The van der Waals surface area contributed by atoms with E-state index in [0.717, 1.165) is 15.7 Å². The maximum Gasteiger partial charge on any atom is 0.266 e. The molecule has 0 spiro atoms. The van der Waals surface area contributed by atoms with E-state index in [4.69, 9.17) is 4.74 Å². The first-order valence-corrected chi connectivity index (χ1v) is 9.53. The van der Waals surface area contributed by atoms with Gasteiger partial charge in [0.1, 0.15) is 11.5 Å². The van der Waals surface area contributed by atoms with Gasteiger partial charge in [-0.1, -0.05) is 42.5 Å². The van der Waals surface area contributed by atoms with Crippen LogP contribution in [0.1, 0.15) is 31.1 Å². The van der Waals surface area contributed by atoms with Gasteiger partial charge in [-0.15, -0.1) is 0 Å². The molecule has 2 amide bonds. The van der Waals surface area contributed by atoms with Gasteiger partial charge in [0, 0.05) is 5.39 Å². The Bertz CT molecular complexity index is 1370. The number of ether oxygens (including phenoxy) is 1. The Morgan fingerprint density at radius 3 is 2.26 bits per heavy atom. The molecule has 6 heteroatoms. The number of carboxylic acids is 1. The number of anilines is 1. The maximum atomic E-state index is 12.8. The van der Waals surface area contributed by atoms with Crippen molar-refractivity contribution < 1.29 is 24.2 Å². The second kappa shape index (κ2) is 7.11. The number of hydrogen-bond donors (Lipinski definition) is 0. The van der Waals surface area contributed by atoms with Crippen LogP contribution in [0, 0.1) is 0 Å². The molecule has 1 heterocycles. The first kappa shape index (κ1) is 18.6. The lowest BCUT2D eigenvalue weighted by atomic mass is 10.1. The summed E-state index contributed by atoms with van der Waals surface area (Å²) in [6.07, 6.45) is 0. The predicted molar refractivity (Wildman–Crippen MR) is 112 cm³/mol. The van der Waals surface area contributed by atoms with E-state index >= 15 is 0 Å². The van der Waals surface area contributed by atoms with Crippen LogP contribution in [-0.2, 0) is 0 Å². The molecule has 0 radical (unpaired) electrons. The van der Waals surface area contributed by atoms with Gasteiger partial charge in [-0.05, 0) is 53.4 Å². The molecule has 0 aliphatic carbocycles. The molecule has 0 atom stereocenters. The highest BCUT2D eigenvalue weighted by atomic mass is 16.5. The number of carbonyl (C=O) groups excluding carboxylic acids is 3. The van der Waals surface area contributed by atoms with Crippen molar-refractivity contribution in [1.29, 1.82) is 0 Å². The van der Waals surface area contributed by atoms with Crippen LogP contribution in [0.25, 0.3) is 10.8 Å². The van der Waals surface area contributed by atoms with Crippen LogP contribution < -0.4 is 14.7 Å².